The van der Waals surface area contributed by atoms with Gasteiger partial charge in [0.1, 0.15) is 29.3 Å². The maximum atomic E-state index is 13.7. The quantitative estimate of drug-likeness (QED) is 0.436. The van der Waals surface area contributed by atoms with Gasteiger partial charge in [0.05, 0.1) is 14.2 Å². The molecule has 0 saturated carbocycles. The van der Waals surface area contributed by atoms with Crippen molar-refractivity contribution in [1.82, 2.24) is 4.90 Å². The number of carbonyl (C=O) groups is 2. The van der Waals surface area contributed by atoms with E-state index in [1.54, 1.807) is 48.3 Å². The van der Waals surface area contributed by atoms with Crippen LogP contribution in [0.15, 0.2) is 66.7 Å². The molecule has 2 atom stereocenters. The largest absolute Gasteiger partial charge is 0.496 e. The van der Waals surface area contributed by atoms with Gasteiger partial charge < -0.3 is 24.0 Å². The topological polar surface area (TPSA) is 68.3 Å². The van der Waals surface area contributed by atoms with Gasteiger partial charge in [-0.05, 0) is 30.2 Å². The van der Waals surface area contributed by atoms with E-state index >= 15 is 0 Å². The second kappa shape index (κ2) is 9.39. The lowest BCUT2D eigenvalue weighted by Gasteiger charge is -2.56. The Morgan fingerprint density at radius 2 is 1.61 bits per heavy atom. The standard InChI is InChI=1S/C28H27ClN2O5/c1-4-12-30-24-11-10-19(29)13-23(24)28(18-8-6-5-7-9-18)26(27(33)31(28)17-25(30)32)36-22-15-20(34-2)14-21(16-22)35-3/h5-11,13-16,26H,4,12,17H2,1-3H3/t26-,28+/m1/s1. The van der Waals surface area contributed by atoms with Gasteiger partial charge in [-0.15, -0.1) is 0 Å². The SMILES string of the molecule is CCCN1C(=O)CN2C(=O)[C@@H](Oc3cc(OC)cc(OC)c3)[C@]2(c2ccccc2)c2cc(Cl)ccc21. The van der Waals surface area contributed by atoms with Crippen LogP contribution in [0.25, 0.3) is 0 Å². The highest BCUT2D eigenvalue weighted by Gasteiger charge is 2.66. The first-order valence-corrected chi connectivity index (χ1v) is 12.2. The molecule has 2 aliphatic rings. The summed E-state index contributed by atoms with van der Waals surface area (Å²) in [4.78, 5) is 30.5. The Morgan fingerprint density at radius 3 is 2.25 bits per heavy atom. The van der Waals surface area contributed by atoms with Gasteiger partial charge in [0, 0.05) is 41.0 Å². The summed E-state index contributed by atoms with van der Waals surface area (Å²) in [5.74, 6) is 1.07. The second-order valence-electron chi connectivity index (χ2n) is 8.81. The van der Waals surface area contributed by atoms with Crippen LogP contribution in [0.5, 0.6) is 17.2 Å². The molecule has 0 radical (unpaired) electrons. The van der Waals surface area contributed by atoms with Crippen molar-refractivity contribution in [2.45, 2.75) is 25.0 Å². The Balaban J connectivity index is 1.74. The number of benzene rings is 3. The molecular formula is C28H27ClN2O5. The predicted molar refractivity (Wildman–Crippen MR) is 137 cm³/mol. The Hall–Kier alpha value is -3.71. The van der Waals surface area contributed by atoms with Gasteiger partial charge in [-0.1, -0.05) is 48.9 Å². The zero-order chi connectivity index (χ0) is 25.4. The van der Waals surface area contributed by atoms with Crippen LogP contribution in [0.2, 0.25) is 5.02 Å². The third kappa shape index (κ3) is 3.66. The van der Waals surface area contributed by atoms with Crippen molar-refractivity contribution in [2.75, 3.05) is 32.2 Å². The summed E-state index contributed by atoms with van der Waals surface area (Å²) in [7, 11) is 3.11. The number of carbonyl (C=O) groups excluding carboxylic acids is 2. The van der Waals surface area contributed by atoms with E-state index in [4.69, 9.17) is 25.8 Å². The zero-order valence-corrected chi connectivity index (χ0v) is 21.1. The third-order valence-corrected chi connectivity index (χ3v) is 7.03. The fourth-order valence-corrected chi connectivity index (χ4v) is 5.38. The van der Waals surface area contributed by atoms with E-state index in [1.807, 2.05) is 49.4 Å². The minimum atomic E-state index is -1.06. The van der Waals surface area contributed by atoms with Crippen LogP contribution in [0.3, 0.4) is 0 Å². The molecule has 0 N–H and O–H groups in total. The minimum absolute atomic E-state index is 0.0681. The molecular weight excluding hydrogens is 480 g/mol. The van der Waals surface area contributed by atoms with E-state index < -0.39 is 11.6 Å². The van der Waals surface area contributed by atoms with Crippen molar-refractivity contribution >= 4 is 29.1 Å². The Morgan fingerprint density at radius 1 is 0.944 bits per heavy atom. The van der Waals surface area contributed by atoms with E-state index in [0.29, 0.717) is 28.8 Å². The number of β-lactam (4-membered cyclic amide) rings is 1. The number of methoxy groups -OCH3 is 2. The first kappa shape index (κ1) is 24.0. The zero-order valence-electron chi connectivity index (χ0n) is 20.4. The molecule has 3 aromatic carbocycles. The molecule has 2 amide bonds. The van der Waals surface area contributed by atoms with Crippen LogP contribution in [0, 0.1) is 0 Å². The minimum Gasteiger partial charge on any atom is -0.496 e. The summed E-state index contributed by atoms with van der Waals surface area (Å²) in [5, 5.41) is 0.510. The van der Waals surface area contributed by atoms with Gasteiger partial charge in [-0.2, -0.15) is 0 Å². The van der Waals surface area contributed by atoms with Crippen LogP contribution in [0.1, 0.15) is 24.5 Å². The lowest BCUT2D eigenvalue weighted by molar-refractivity contribution is -0.177. The van der Waals surface area contributed by atoms with Gasteiger partial charge in [-0.25, -0.2) is 0 Å². The molecule has 36 heavy (non-hydrogen) atoms. The van der Waals surface area contributed by atoms with Gasteiger partial charge in [0.25, 0.3) is 5.91 Å². The van der Waals surface area contributed by atoms with Gasteiger partial charge in [-0.3, -0.25) is 9.59 Å². The van der Waals surface area contributed by atoms with Crippen LogP contribution >= 0.6 is 11.6 Å². The van der Waals surface area contributed by atoms with Gasteiger partial charge >= 0.3 is 0 Å². The summed E-state index contributed by atoms with van der Waals surface area (Å²) in [5.41, 5.74) is 1.24. The molecule has 7 nitrogen and oxygen atoms in total. The number of amides is 2. The third-order valence-electron chi connectivity index (χ3n) is 6.79. The summed E-state index contributed by atoms with van der Waals surface area (Å²) >= 11 is 6.52. The average molecular weight is 507 g/mol. The van der Waals surface area contributed by atoms with Crippen molar-refractivity contribution in [1.29, 1.82) is 0 Å². The van der Waals surface area contributed by atoms with Crippen LogP contribution in [-0.2, 0) is 15.1 Å². The summed E-state index contributed by atoms with van der Waals surface area (Å²) in [6.45, 7) is 2.48. The van der Waals surface area contributed by atoms with Crippen molar-refractivity contribution in [3.05, 3.63) is 82.9 Å². The summed E-state index contributed by atoms with van der Waals surface area (Å²) in [6.07, 6.45) is -0.174. The lowest BCUT2D eigenvalue weighted by atomic mass is 9.69. The summed E-state index contributed by atoms with van der Waals surface area (Å²) < 4.78 is 17.2. The molecule has 0 aliphatic carbocycles. The molecule has 5 rings (SSSR count). The van der Waals surface area contributed by atoms with Gasteiger partial charge in [0.2, 0.25) is 12.0 Å². The van der Waals surface area contributed by atoms with E-state index in [-0.39, 0.29) is 18.4 Å². The second-order valence-corrected chi connectivity index (χ2v) is 9.25. The smallest absolute Gasteiger partial charge is 0.268 e. The van der Waals surface area contributed by atoms with Gasteiger partial charge in [0.15, 0.2) is 0 Å². The fourth-order valence-electron chi connectivity index (χ4n) is 5.21. The molecule has 186 valence electrons. The number of ether oxygens (including phenoxy) is 3. The molecule has 0 spiro atoms. The Labute approximate surface area is 215 Å². The molecule has 0 bridgehead atoms. The maximum absolute atomic E-state index is 13.7. The van der Waals surface area contributed by atoms with E-state index in [2.05, 4.69) is 0 Å². The lowest BCUT2D eigenvalue weighted by Crippen LogP contribution is -2.74. The molecule has 0 unspecified atom stereocenters. The maximum Gasteiger partial charge on any atom is 0.268 e. The van der Waals surface area contributed by atoms with Crippen LogP contribution in [-0.4, -0.2) is 50.1 Å². The summed E-state index contributed by atoms with van der Waals surface area (Å²) in [6, 6.07) is 20.3. The number of hydrogen-bond donors (Lipinski definition) is 0. The van der Waals surface area contributed by atoms with E-state index in [9.17, 15) is 9.59 Å². The van der Waals surface area contributed by atoms with Crippen molar-refractivity contribution in [3.8, 4) is 17.2 Å². The monoisotopic (exact) mass is 506 g/mol. The van der Waals surface area contributed by atoms with Crippen molar-refractivity contribution in [2.24, 2.45) is 0 Å². The predicted octanol–water partition coefficient (Wildman–Crippen LogP) is 4.65. The first-order chi connectivity index (χ1) is 17.4. The molecule has 0 aromatic heterocycles. The molecule has 1 fully saturated rings. The highest BCUT2D eigenvalue weighted by atomic mass is 35.5. The van der Waals surface area contributed by atoms with Crippen LogP contribution < -0.4 is 19.1 Å². The average Bonchev–Trinajstić information content (AvgIpc) is 2.99. The number of nitrogens with zero attached hydrogens (tertiary/aromatic N) is 2. The number of fused-ring (bicyclic) bond motifs is 3. The van der Waals surface area contributed by atoms with Crippen molar-refractivity contribution in [3.63, 3.8) is 0 Å². The highest BCUT2D eigenvalue weighted by molar-refractivity contribution is 6.30. The molecule has 2 aliphatic heterocycles. The van der Waals surface area contributed by atoms with Crippen LogP contribution in [0.4, 0.5) is 5.69 Å². The fraction of sp³-hybridized carbons (Fsp3) is 0.286. The molecule has 2 heterocycles. The Kier molecular flexibility index (Phi) is 6.26. The van der Waals surface area contributed by atoms with E-state index in [1.165, 1.54) is 0 Å². The normalized spacial score (nSPS) is 20.7. The number of halogens is 1. The molecule has 3 aromatic rings. The van der Waals surface area contributed by atoms with E-state index in [0.717, 1.165) is 23.2 Å². The first-order valence-electron chi connectivity index (χ1n) is 11.8. The number of hydrogen-bond acceptors (Lipinski definition) is 5. The van der Waals surface area contributed by atoms with Crippen molar-refractivity contribution < 1.29 is 23.8 Å². The number of anilines is 1. The highest BCUT2D eigenvalue weighted by Crippen LogP contribution is 2.53. The number of rotatable bonds is 7. The molecule has 1 saturated heterocycles. The Bertz CT molecular complexity index is 1290. The molecule has 8 heteroatoms.